The van der Waals surface area contributed by atoms with E-state index in [2.05, 4.69) is 10.2 Å². The van der Waals surface area contributed by atoms with E-state index >= 15 is 0 Å². The van der Waals surface area contributed by atoms with Crippen molar-refractivity contribution in [2.45, 2.75) is 12.8 Å². The molecule has 2 nitrogen and oxygen atoms in total. The van der Waals surface area contributed by atoms with Gasteiger partial charge in [-0.25, -0.2) is 8.78 Å². The van der Waals surface area contributed by atoms with Crippen LogP contribution in [0.25, 0.3) is 0 Å². The highest BCUT2D eigenvalue weighted by Gasteiger charge is 2.23. The summed E-state index contributed by atoms with van der Waals surface area (Å²) in [4.78, 5) is 0. The molecule has 0 saturated heterocycles. The zero-order chi connectivity index (χ0) is 7.61. The fraction of sp³-hybridized carbons (Fsp3) is 0.333. The molecule has 0 aliphatic rings. The average molecular weight is 144 g/mol. The average Bonchev–Trinajstić information content (AvgIpc) is 1.88. The van der Waals surface area contributed by atoms with E-state index in [0.29, 0.717) is 0 Å². The molecule has 0 unspecified atom stereocenters. The van der Waals surface area contributed by atoms with Crippen LogP contribution in [0.15, 0.2) is 18.5 Å². The monoisotopic (exact) mass is 144 g/mol. The molecule has 0 aliphatic heterocycles. The number of alkyl halides is 2. The predicted molar refractivity (Wildman–Crippen MR) is 31.6 cm³/mol. The lowest BCUT2D eigenvalue weighted by Crippen LogP contribution is -2.07. The van der Waals surface area contributed by atoms with Gasteiger partial charge in [-0.15, -0.1) is 0 Å². The van der Waals surface area contributed by atoms with Crippen LogP contribution in [0.4, 0.5) is 8.78 Å². The maximum Gasteiger partial charge on any atom is 0.272 e. The van der Waals surface area contributed by atoms with Crippen molar-refractivity contribution in [1.29, 1.82) is 0 Å². The minimum absolute atomic E-state index is 0.109. The highest BCUT2D eigenvalue weighted by atomic mass is 19.3. The zero-order valence-corrected chi connectivity index (χ0v) is 5.38. The van der Waals surface area contributed by atoms with Gasteiger partial charge in [-0.3, -0.25) is 0 Å². The zero-order valence-electron chi connectivity index (χ0n) is 5.38. The Morgan fingerprint density at radius 3 is 2.40 bits per heavy atom. The first-order valence-corrected chi connectivity index (χ1v) is 2.76. The maximum atomic E-state index is 12.4. The van der Waals surface area contributed by atoms with Gasteiger partial charge < -0.3 is 0 Å². The van der Waals surface area contributed by atoms with Gasteiger partial charge in [0.15, 0.2) is 0 Å². The third-order valence-electron chi connectivity index (χ3n) is 1.09. The second-order valence-corrected chi connectivity index (χ2v) is 2.02. The summed E-state index contributed by atoms with van der Waals surface area (Å²) in [7, 11) is 0. The summed E-state index contributed by atoms with van der Waals surface area (Å²) in [6, 6.07) is 1.24. The Morgan fingerprint density at radius 1 is 1.40 bits per heavy atom. The van der Waals surface area contributed by atoms with Gasteiger partial charge in [0.2, 0.25) is 0 Å². The molecule has 1 aromatic rings. The van der Waals surface area contributed by atoms with Crippen LogP contribution in [0.3, 0.4) is 0 Å². The first-order valence-electron chi connectivity index (χ1n) is 2.76. The van der Waals surface area contributed by atoms with Gasteiger partial charge in [-0.1, -0.05) is 0 Å². The summed E-state index contributed by atoms with van der Waals surface area (Å²) >= 11 is 0. The molecule has 0 saturated carbocycles. The van der Waals surface area contributed by atoms with E-state index in [-0.39, 0.29) is 5.56 Å². The summed E-state index contributed by atoms with van der Waals surface area (Å²) in [5, 5.41) is 6.70. The fourth-order valence-corrected chi connectivity index (χ4v) is 0.550. The van der Waals surface area contributed by atoms with Crippen molar-refractivity contribution in [3.63, 3.8) is 0 Å². The van der Waals surface area contributed by atoms with Crippen LogP contribution in [0, 0.1) is 0 Å². The van der Waals surface area contributed by atoms with Crippen molar-refractivity contribution in [3.05, 3.63) is 24.0 Å². The molecular formula is C6H6F2N2. The van der Waals surface area contributed by atoms with E-state index in [9.17, 15) is 8.78 Å². The van der Waals surface area contributed by atoms with E-state index < -0.39 is 5.92 Å². The minimum Gasteiger partial charge on any atom is -0.202 e. The predicted octanol–water partition coefficient (Wildman–Crippen LogP) is 1.59. The van der Waals surface area contributed by atoms with Gasteiger partial charge in [-0.2, -0.15) is 10.2 Å². The molecule has 0 amide bonds. The molecule has 1 aromatic heterocycles. The molecule has 0 spiro atoms. The Hall–Kier alpha value is -1.06. The largest absolute Gasteiger partial charge is 0.272 e. The number of rotatable bonds is 1. The molecular weight excluding hydrogens is 138 g/mol. The molecule has 10 heavy (non-hydrogen) atoms. The van der Waals surface area contributed by atoms with Crippen LogP contribution in [0.1, 0.15) is 12.5 Å². The summed E-state index contributed by atoms with van der Waals surface area (Å²) < 4.78 is 24.8. The SMILES string of the molecule is CC(F)(F)c1ccnnc1. The molecule has 0 N–H and O–H groups in total. The molecule has 1 heterocycles. The Bertz CT molecular complexity index is 205. The molecule has 0 aromatic carbocycles. The lowest BCUT2D eigenvalue weighted by atomic mass is 10.2. The van der Waals surface area contributed by atoms with Crippen molar-refractivity contribution in [2.75, 3.05) is 0 Å². The van der Waals surface area contributed by atoms with Crippen LogP contribution >= 0.6 is 0 Å². The Morgan fingerprint density at radius 2 is 2.10 bits per heavy atom. The third kappa shape index (κ3) is 1.46. The molecule has 0 radical (unpaired) electrons. The molecule has 0 bridgehead atoms. The van der Waals surface area contributed by atoms with Gasteiger partial charge in [0.25, 0.3) is 5.92 Å². The van der Waals surface area contributed by atoms with Crippen molar-refractivity contribution in [1.82, 2.24) is 10.2 Å². The fourth-order valence-electron chi connectivity index (χ4n) is 0.550. The molecule has 4 heteroatoms. The molecule has 54 valence electrons. The Kier molecular flexibility index (Phi) is 1.61. The highest BCUT2D eigenvalue weighted by Crippen LogP contribution is 2.24. The van der Waals surface area contributed by atoms with Gasteiger partial charge in [0, 0.05) is 12.5 Å². The van der Waals surface area contributed by atoms with Crippen molar-refractivity contribution >= 4 is 0 Å². The quantitative estimate of drug-likeness (QED) is 0.598. The van der Waals surface area contributed by atoms with Crippen molar-refractivity contribution in [2.24, 2.45) is 0 Å². The van der Waals surface area contributed by atoms with Gasteiger partial charge in [-0.05, 0) is 6.07 Å². The van der Waals surface area contributed by atoms with Gasteiger partial charge >= 0.3 is 0 Å². The van der Waals surface area contributed by atoms with Crippen molar-refractivity contribution in [3.8, 4) is 0 Å². The van der Waals surface area contributed by atoms with Gasteiger partial charge in [0.05, 0.1) is 12.4 Å². The Labute approximate surface area is 56.9 Å². The second-order valence-electron chi connectivity index (χ2n) is 2.02. The molecule has 1 rings (SSSR count). The first kappa shape index (κ1) is 7.05. The molecule has 0 atom stereocenters. The summed E-state index contributed by atoms with van der Waals surface area (Å²) in [5.74, 6) is -2.81. The standard InChI is InChI=1S/C6H6F2N2/c1-6(7,8)5-2-3-9-10-4-5/h2-4H,1H3. The van der Waals surface area contributed by atoms with Crippen LogP contribution in [0.5, 0.6) is 0 Å². The number of halogens is 2. The first-order chi connectivity index (χ1) is 4.61. The van der Waals surface area contributed by atoms with Crippen LogP contribution in [0.2, 0.25) is 0 Å². The van der Waals surface area contributed by atoms with E-state index in [1.54, 1.807) is 0 Å². The highest BCUT2D eigenvalue weighted by molar-refractivity contribution is 5.10. The molecule has 0 aliphatic carbocycles. The smallest absolute Gasteiger partial charge is 0.202 e. The Balaban J connectivity index is 2.97. The minimum atomic E-state index is -2.81. The number of hydrogen-bond donors (Lipinski definition) is 0. The van der Waals surface area contributed by atoms with Crippen molar-refractivity contribution < 1.29 is 8.78 Å². The van der Waals surface area contributed by atoms with E-state index in [1.807, 2.05) is 0 Å². The summed E-state index contributed by atoms with van der Waals surface area (Å²) in [6.45, 7) is 0.823. The number of nitrogens with zero attached hydrogens (tertiary/aromatic N) is 2. The summed E-state index contributed by atoms with van der Waals surface area (Å²) in [5.41, 5.74) is -0.109. The molecule has 0 fully saturated rings. The normalized spacial score (nSPS) is 11.5. The van der Waals surface area contributed by atoms with Gasteiger partial charge in [0.1, 0.15) is 0 Å². The third-order valence-corrected chi connectivity index (χ3v) is 1.09. The van der Waals surface area contributed by atoms with Crippen LogP contribution < -0.4 is 0 Å². The van der Waals surface area contributed by atoms with E-state index in [1.165, 1.54) is 12.3 Å². The second kappa shape index (κ2) is 2.28. The summed E-state index contributed by atoms with van der Waals surface area (Å²) in [6.07, 6.45) is 2.30. The lowest BCUT2D eigenvalue weighted by molar-refractivity contribution is 0.0169. The topological polar surface area (TPSA) is 25.8 Å². The number of hydrogen-bond acceptors (Lipinski definition) is 2. The van der Waals surface area contributed by atoms with E-state index in [4.69, 9.17) is 0 Å². The maximum absolute atomic E-state index is 12.4. The van der Waals surface area contributed by atoms with E-state index in [0.717, 1.165) is 13.1 Å². The lowest BCUT2D eigenvalue weighted by Gasteiger charge is -2.07. The van der Waals surface area contributed by atoms with Crippen LogP contribution in [-0.2, 0) is 5.92 Å². The number of aromatic nitrogens is 2. The van der Waals surface area contributed by atoms with Crippen LogP contribution in [-0.4, -0.2) is 10.2 Å².